The van der Waals surface area contributed by atoms with Crippen molar-refractivity contribution in [2.24, 2.45) is 0 Å². The summed E-state index contributed by atoms with van der Waals surface area (Å²) in [5, 5.41) is 8.62. The van der Waals surface area contributed by atoms with Crippen LogP contribution >= 0.6 is 0 Å². The molecule has 0 bridgehead atoms. The molecule has 1 aromatic carbocycles. The molecule has 2 aliphatic rings. The van der Waals surface area contributed by atoms with Gasteiger partial charge in [0.2, 0.25) is 0 Å². The summed E-state index contributed by atoms with van der Waals surface area (Å²) >= 11 is 0. The highest BCUT2D eigenvalue weighted by Crippen LogP contribution is 2.26. The van der Waals surface area contributed by atoms with E-state index in [9.17, 15) is 4.79 Å². The molecule has 3 heterocycles. The Morgan fingerprint density at radius 1 is 1.34 bits per heavy atom. The first-order valence-corrected chi connectivity index (χ1v) is 10.2. The third kappa shape index (κ3) is 3.92. The molecule has 0 radical (unpaired) electrons. The van der Waals surface area contributed by atoms with Crippen LogP contribution in [0.5, 0.6) is 0 Å². The van der Waals surface area contributed by atoms with Crippen LogP contribution in [0.3, 0.4) is 0 Å². The van der Waals surface area contributed by atoms with Crippen LogP contribution in [-0.4, -0.2) is 83.3 Å². The summed E-state index contributed by atoms with van der Waals surface area (Å²) in [6.45, 7) is 9.19. The molecule has 0 unspecified atom stereocenters. The van der Waals surface area contributed by atoms with Gasteiger partial charge >= 0.3 is 0 Å². The second-order valence-electron chi connectivity index (χ2n) is 7.79. The normalized spacial score (nSPS) is 20.0. The number of ether oxygens (including phenoxy) is 2. The average molecular weight is 399 g/mol. The Morgan fingerprint density at radius 2 is 2.21 bits per heavy atom. The topological polar surface area (TPSA) is 72.7 Å². The Morgan fingerprint density at radius 3 is 3.00 bits per heavy atom. The summed E-state index contributed by atoms with van der Waals surface area (Å²) in [7, 11) is 1.74. The molecule has 2 aliphatic heterocycles. The van der Waals surface area contributed by atoms with Gasteiger partial charge in [-0.2, -0.15) is 0 Å². The summed E-state index contributed by atoms with van der Waals surface area (Å²) in [6, 6.07) is 6.34. The molecule has 1 aromatic heterocycles. The van der Waals surface area contributed by atoms with E-state index in [1.807, 2.05) is 23.4 Å². The minimum absolute atomic E-state index is 0.0448. The van der Waals surface area contributed by atoms with E-state index in [0.29, 0.717) is 25.5 Å². The summed E-state index contributed by atoms with van der Waals surface area (Å²) in [5.41, 5.74) is 4.81. The molecule has 2 aromatic rings. The number of carbonyl (C=O) groups is 1. The quantitative estimate of drug-likeness (QED) is 0.758. The van der Waals surface area contributed by atoms with Crippen molar-refractivity contribution >= 4 is 5.91 Å². The monoisotopic (exact) mass is 399 g/mol. The third-order valence-electron chi connectivity index (χ3n) is 5.89. The smallest absolute Gasteiger partial charge is 0.276 e. The molecule has 156 valence electrons. The maximum Gasteiger partial charge on any atom is 0.276 e. The SMILES string of the molecule is COCCN1CCc2c(cccc2-n2nnc(C(=O)N3CCOC[C@H]3C)c2C)C1. The number of carbonyl (C=O) groups excluding carboxylic acids is 1. The van der Waals surface area contributed by atoms with Crippen molar-refractivity contribution < 1.29 is 14.3 Å². The Bertz CT molecular complexity index is 881. The zero-order chi connectivity index (χ0) is 20.4. The molecule has 0 spiro atoms. The van der Waals surface area contributed by atoms with Gasteiger partial charge in [-0.25, -0.2) is 4.68 Å². The van der Waals surface area contributed by atoms with Gasteiger partial charge in [-0.15, -0.1) is 5.10 Å². The van der Waals surface area contributed by atoms with Crippen LogP contribution in [0.2, 0.25) is 0 Å². The largest absolute Gasteiger partial charge is 0.383 e. The predicted octanol–water partition coefficient (Wildman–Crippen LogP) is 1.44. The average Bonchev–Trinajstić information content (AvgIpc) is 3.12. The molecule has 8 heteroatoms. The Balaban J connectivity index is 1.60. The molecule has 1 saturated heterocycles. The van der Waals surface area contributed by atoms with Gasteiger partial charge in [0.1, 0.15) is 0 Å². The second kappa shape index (κ2) is 8.61. The van der Waals surface area contributed by atoms with Crippen molar-refractivity contribution in [3.63, 3.8) is 0 Å². The van der Waals surface area contributed by atoms with Crippen molar-refractivity contribution in [1.29, 1.82) is 0 Å². The summed E-state index contributed by atoms with van der Waals surface area (Å²) in [6.07, 6.45) is 0.943. The maximum atomic E-state index is 13.0. The second-order valence-corrected chi connectivity index (χ2v) is 7.79. The van der Waals surface area contributed by atoms with Gasteiger partial charge in [0.25, 0.3) is 5.91 Å². The lowest BCUT2D eigenvalue weighted by Gasteiger charge is -2.32. The van der Waals surface area contributed by atoms with Gasteiger partial charge in [0, 0.05) is 33.3 Å². The van der Waals surface area contributed by atoms with Crippen molar-refractivity contribution in [1.82, 2.24) is 24.8 Å². The Hall–Kier alpha value is -2.29. The summed E-state index contributed by atoms with van der Waals surface area (Å²) in [4.78, 5) is 17.3. The van der Waals surface area contributed by atoms with Crippen LogP contribution in [0.1, 0.15) is 34.2 Å². The van der Waals surface area contributed by atoms with E-state index in [2.05, 4.69) is 33.4 Å². The van der Waals surface area contributed by atoms with E-state index in [-0.39, 0.29) is 11.9 Å². The van der Waals surface area contributed by atoms with Crippen molar-refractivity contribution in [2.75, 3.05) is 46.6 Å². The van der Waals surface area contributed by atoms with E-state index in [1.54, 1.807) is 7.11 Å². The first-order valence-electron chi connectivity index (χ1n) is 10.2. The number of fused-ring (bicyclic) bond motifs is 1. The summed E-state index contributed by atoms with van der Waals surface area (Å²) in [5.74, 6) is -0.0694. The fraction of sp³-hybridized carbons (Fsp3) is 0.571. The molecule has 1 fully saturated rings. The molecule has 0 aliphatic carbocycles. The van der Waals surface area contributed by atoms with Crippen LogP contribution in [0.4, 0.5) is 0 Å². The van der Waals surface area contributed by atoms with Crippen LogP contribution in [0.15, 0.2) is 18.2 Å². The van der Waals surface area contributed by atoms with Crippen LogP contribution in [0.25, 0.3) is 5.69 Å². The fourth-order valence-electron chi connectivity index (χ4n) is 4.18. The van der Waals surface area contributed by atoms with Gasteiger partial charge in [-0.3, -0.25) is 9.69 Å². The van der Waals surface area contributed by atoms with Crippen LogP contribution in [-0.2, 0) is 22.4 Å². The number of benzene rings is 1. The van der Waals surface area contributed by atoms with E-state index in [1.165, 1.54) is 11.1 Å². The molecule has 4 rings (SSSR count). The summed E-state index contributed by atoms with van der Waals surface area (Å²) < 4.78 is 12.5. The maximum absolute atomic E-state index is 13.0. The minimum atomic E-state index is -0.0694. The van der Waals surface area contributed by atoms with Crippen LogP contribution in [0, 0.1) is 6.92 Å². The molecule has 1 amide bonds. The fourth-order valence-corrected chi connectivity index (χ4v) is 4.18. The number of morpholine rings is 1. The van der Waals surface area contributed by atoms with E-state index < -0.39 is 0 Å². The lowest BCUT2D eigenvalue weighted by atomic mass is 9.97. The number of hydrogen-bond acceptors (Lipinski definition) is 6. The number of aromatic nitrogens is 3. The first kappa shape index (κ1) is 20.0. The van der Waals surface area contributed by atoms with E-state index in [0.717, 1.165) is 44.0 Å². The van der Waals surface area contributed by atoms with Gasteiger partial charge in [-0.05, 0) is 37.5 Å². The Labute approximate surface area is 171 Å². The molecular weight excluding hydrogens is 370 g/mol. The molecule has 0 saturated carbocycles. The van der Waals surface area contributed by atoms with Gasteiger partial charge in [0.05, 0.1) is 37.2 Å². The number of methoxy groups -OCH3 is 1. The zero-order valence-corrected chi connectivity index (χ0v) is 17.4. The van der Waals surface area contributed by atoms with E-state index >= 15 is 0 Å². The number of rotatable bonds is 5. The van der Waals surface area contributed by atoms with Crippen molar-refractivity contribution in [2.45, 2.75) is 32.9 Å². The molecule has 0 N–H and O–H groups in total. The highest BCUT2D eigenvalue weighted by atomic mass is 16.5. The number of hydrogen-bond donors (Lipinski definition) is 0. The van der Waals surface area contributed by atoms with Crippen LogP contribution < -0.4 is 0 Å². The predicted molar refractivity (Wildman–Crippen MR) is 108 cm³/mol. The highest BCUT2D eigenvalue weighted by Gasteiger charge is 2.29. The lowest BCUT2D eigenvalue weighted by molar-refractivity contribution is 0.00322. The van der Waals surface area contributed by atoms with Gasteiger partial charge in [-0.1, -0.05) is 17.3 Å². The van der Waals surface area contributed by atoms with E-state index in [4.69, 9.17) is 9.47 Å². The lowest BCUT2D eigenvalue weighted by Crippen LogP contribution is -2.47. The van der Waals surface area contributed by atoms with Gasteiger partial charge < -0.3 is 14.4 Å². The van der Waals surface area contributed by atoms with Crippen molar-refractivity contribution in [3.8, 4) is 5.69 Å². The zero-order valence-electron chi connectivity index (χ0n) is 17.4. The number of nitrogens with zero attached hydrogens (tertiary/aromatic N) is 5. The third-order valence-corrected chi connectivity index (χ3v) is 5.89. The first-order chi connectivity index (χ1) is 14.1. The number of amides is 1. The highest BCUT2D eigenvalue weighted by molar-refractivity contribution is 5.93. The molecule has 8 nitrogen and oxygen atoms in total. The Kier molecular flexibility index (Phi) is 5.94. The molecule has 1 atom stereocenters. The van der Waals surface area contributed by atoms with Gasteiger partial charge in [0.15, 0.2) is 5.69 Å². The minimum Gasteiger partial charge on any atom is -0.383 e. The molecular formula is C21H29N5O3. The van der Waals surface area contributed by atoms with Crippen molar-refractivity contribution in [3.05, 3.63) is 40.7 Å². The molecule has 29 heavy (non-hydrogen) atoms. The standard InChI is InChI=1S/C21H29N5O3/c1-15-14-29-12-10-25(15)21(27)20-16(2)26(23-22-20)19-6-4-5-17-13-24(9-11-28-3)8-7-18(17)19/h4-6,15H,7-14H2,1-3H3/t15-/m1/s1.